The highest BCUT2D eigenvalue weighted by atomic mass is 19.1. The van der Waals surface area contributed by atoms with Gasteiger partial charge in [0, 0.05) is 29.4 Å². The lowest BCUT2D eigenvalue weighted by Crippen LogP contribution is -2.43. The Balaban J connectivity index is 1.58. The van der Waals surface area contributed by atoms with Crippen LogP contribution in [0.3, 0.4) is 0 Å². The summed E-state index contributed by atoms with van der Waals surface area (Å²) in [7, 11) is 0. The van der Waals surface area contributed by atoms with E-state index < -0.39 is 11.8 Å². The molecule has 1 aromatic heterocycles. The van der Waals surface area contributed by atoms with Gasteiger partial charge in [-0.2, -0.15) is 10.4 Å². The summed E-state index contributed by atoms with van der Waals surface area (Å²) in [6.07, 6.45) is 4.08. The predicted molar refractivity (Wildman–Crippen MR) is 153 cm³/mol. The molecular weight excluding hydrogens is 519 g/mol. The van der Waals surface area contributed by atoms with Gasteiger partial charge in [0.1, 0.15) is 35.5 Å². The van der Waals surface area contributed by atoms with Crippen molar-refractivity contribution in [1.82, 2.24) is 14.7 Å². The Morgan fingerprint density at radius 1 is 1.00 bits per heavy atom. The van der Waals surface area contributed by atoms with Crippen LogP contribution in [0.1, 0.15) is 31.4 Å². The van der Waals surface area contributed by atoms with E-state index in [1.807, 2.05) is 73.8 Å². The topological polar surface area (TPSA) is 88.2 Å². The molecule has 204 valence electrons. The lowest BCUT2D eigenvalue weighted by molar-refractivity contribution is -0.140. The number of carbonyl (C=O) groups excluding carboxylic acids is 2. The monoisotopic (exact) mass is 546 g/mol. The van der Waals surface area contributed by atoms with Crippen LogP contribution < -0.4 is 4.74 Å². The van der Waals surface area contributed by atoms with Crippen LogP contribution in [0.2, 0.25) is 0 Å². The van der Waals surface area contributed by atoms with E-state index in [0.29, 0.717) is 29.0 Å². The first-order chi connectivity index (χ1) is 19.9. The number of benzene rings is 3. The lowest BCUT2D eigenvalue weighted by Gasteiger charge is -2.27. The fraction of sp³-hybridized carbons (Fsp3) is 0.152. The fourth-order valence-corrected chi connectivity index (χ4v) is 4.62. The Hall–Kier alpha value is -5.29. The third kappa shape index (κ3) is 5.70. The van der Waals surface area contributed by atoms with E-state index in [1.165, 1.54) is 12.1 Å². The first-order valence-electron chi connectivity index (χ1n) is 13.2. The molecule has 5 rings (SSSR count). The average Bonchev–Trinajstić information content (AvgIpc) is 3.42. The molecule has 3 aromatic carbocycles. The second-order valence-electron chi connectivity index (χ2n) is 9.59. The average molecular weight is 547 g/mol. The van der Waals surface area contributed by atoms with Gasteiger partial charge < -0.3 is 4.74 Å². The zero-order valence-electron chi connectivity index (χ0n) is 22.7. The van der Waals surface area contributed by atoms with Gasteiger partial charge in [0.05, 0.1) is 5.69 Å². The van der Waals surface area contributed by atoms with Gasteiger partial charge in [-0.05, 0) is 67.0 Å². The van der Waals surface area contributed by atoms with Crippen molar-refractivity contribution in [1.29, 1.82) is 5.26 Å². The Bertz CT molecular complexity index is 1710. The largest absolute Gasteiger partial charge is 0.489 e. The smallest absolute Gasteiger partial charge is 0.271 e. The normalized spacial score (nSPS) is 14.5. The minimum Gasteiger partial charge on any atom is -0.489 e. The molecule has 1 aliphatic rings. The minimum absolute atomic E-state index is 0.0440. The Kier molecular flexibility index (Phi) is 7.88. The Labute approximate surface area is 237 Å². The van der Waals surface area contributed by atoms with Gasteiger partial charge in [0.25, 0.3) is 11.8 Å². The maximum absolute atomic E-state index is 13.4. The Morgan fingerprint density at radius 2 is 1.76 bits per heavy atom. The lowest BCUT2D eigenvalue weighted by atomic mass is 9.93. The predicted octanol–water partition coefficient (Wildman–Crippen LogP) is 6.26. The summed E-state index contributed by atoms with van der Waals surface area (Å²) >= 11 is 0. The summed E-state index contributed by atoms with van der Waals surface area (Å²) in [6.45, 7) is 3.97. The molecular formula is C33H27FN4O3. The highest BCUT2D eigenvalue weighted by Crippen LogP contribution is 2.32. The van der Waals surface area contributed by atoms with E-state index in [1.54, 1.807) is 29.8 Å². The van der Waals surface area contributed by atoms with Crippen molar-refractivity contribution in [3.63, 3.8) is 0 Å². The van der Waals surface area contributed by atoms with Gasteiger partial charge in [-0.1, -0.05) is 49.4 Å². The van der Waals surface area contributed by atoms with Crippen LogP contribution in [-0.4, -0.2) is 33.0 Å². The molecule has 7 nitrogen and oxygen atoms in total. The van der Waals surface area contributed by atoms with E-state index >= 15 is 0 Å². The second-order valence-corrected chi connectivity index (χ2v) is 9.59. The molecule has 1 aliphatic heterocycles. The van der Waals surface area contributed by atoms with Crippen molar-refractivity contribution in [2.75, 3.05) is 6.54 Å². The number of para-hydroxylation sites is 1. The van der Waals surface area contributed by atoms with E-state index in [0.717, 1.165) is 21.7 Å². The molecule has 0 aliphatic carbocycles. The molecule has 0 bridgehead atoms. The number of nitrogens with zero attached hydrogens (tertiary/aromatic N) is 4. The van der Waals surface area contributed by atoms with Gasteiger partial charge in [-0.25, -0.2) is 9.07 Å². The van der Waals surface area contributed by atoms with Crippen molar-refractivity contribution in [2.45, 2.75) is 26.9 Å². The molecule has 0 spiro atoms. The van der Waals surface area contributed by atoms with Crippen LogP contribution in [0, 0.1) is 17.1 Å². The standard InChI is InChI=1S/C33H27FN4O3/c1-3-16-37-32(39)29(22(2)30(19-35)33(37)40)18-25-20-38(27-9-5-4-6-10-27)36-31(25)24-8-7-11-28(17-24)41-21-23-12-14-26(34)15-13-23/h4-15,17-18,20H,3,16,21H2,1-2H3/b29-18+. The maximum atomic E-state index is 13.4. The first kappa shape index (κ1) is 27.3. The number of amides is 2. The van der Waals surface area contributed by atoms with E-state index in [-0.39, 0.29) is 30.1 Å². The molecule has 0 saturated carbocycles. The molecule has 0 saturated heterocycles. The van der Waals surface area contributed by atoms with Crippen LogP contribution in [0.4, 0.5) is 4.39 Å². The van der Waals surface area contributed by atoms with E-state index in [4.69, 9.17) is 9.84 Å². The minimum atomic E-state index is -0.569. The summed E-state index contributed by atoms with van der Waals surface area (Å²) in [6, 6.07) is 25.1. The summed E-state index contributed by atoms with van der Waals surface area (Å²) in [5.74, 6) is -0.726. The molecule has 0 radical (unpaired) electrons. The van der Waals surface area contributed by atoms with Crippen LogP contribution >= 0.6 is 0 Å². The zero-order valence-corrected chi connectivity index (χ0v) is 22.7. The number of nitriles is 1. The summed E-state index contributed by atoms with van der Waals surface area (Å²) in [5, 5.41) is 14.6. The SMILES string of the molecule is CCCN1C(=O)C(C#N)=C(C)/C(=C\c2cn(-c3ccccc3)nc2-c2cccc(OCc3ccc(F)cc3)c2)C1=O. The van der Waals surface area contributed by atoms with E-state index in [2.05, 4.69) is 0 Å². The molecule has 8 heteroatoms. The van der Waals surface area contributed by atoms with Gasteiger partial charge in [0.2, 0.25) is 0 Å². The maximum Gasteiger partial charge on any atom is 0.271 e. The van der Waals surface area contributed by atoms with Crippen molar-refractivity contribution in [3.05, 3.63) is 119 Å². The van der Waals surface area contributed by atoms with Crippen molar-refractivity contribution in [3.8, 4) is 28.8 Å². The number of aromatic nitrogens is 2. The molecule has 0 fully saturated rings. The van der Waals surface area contributed by atoms with Crippen LogP contribution in [0.15, 0.2) is 102 Å². The summed E-state index contributed by atoms with van der Waals surface area (Å²) in [4.78, 5) is 27.4. The number of hydrogen-bond donors (Lipinski definition) is 0. The third-order valence-electron chi connectivity index (χ3n) is 6.76. The third-order valence-corrected chi connectivity index (χ3v) is 6.76. The molecule has 0 unspecified atom stereocenters. The Morgan fingerprint density at radius 3 is 2.46 bits per heavy atom. The van der Waals surface area contributed by atoms with Crippen LogP contribution in [-0.2, 0) is 16.2 Å². The van der Waals surface area contributed by atoms with Crippen molar-refractivity contribution in [2.24, 2.45) is 0 Å². The molecule has 41 heavy (non-hydrogen) atoms. The first-order valence-corrected chi connectivity index (χ1v) is 13.2. The van der Waals surface area contributed by atoms with Gasteiger partial charge in [-0.3, -0.25) is 14.5 Å². The number of halogens is 1. The number of rotatable bonds is 8. The summed E-state index contributed by atoms with van der Waals surface area (Å²) < 4.78 is 21.0. The number of hydrogen-bond acceptors (Lipinski definition) is 5. The van der Waals surface area contributed by atoms with Crippen molar-refractivity contribution < 1.29 is 18.7 Å². The number of ether oxygens (including phenoxy) is 1. The highest BCUT2D eigenvalue weighted by molar-refractivity contribution is 6.19. The molecule has 4 aromatic rings. The van der Waals surface area contributed by atoms with Gasteiger partial charge >= 0.3 is 0 Å². The van der Waals surface area contributed by atoms with Gasteiger partial charge in [0.15, 0.2) is 0 Å². The molecule has 2 amide bonds. The molecule has 2 heterocycles. The summed E-state index contributed by atoms with van der Waals surface area (Å²) in [5.41, 5.74) is 4.18. The molecule has 0 atom stereocenters. The number of imide groups is 1. The molecule has 0 N–H and O–H groups in total. The van der Waals surface area contributed by atoms with Crippen molar-refractivity contribution >= 4 is 17.9 Å². The van der Waals surface area contributed by atoms with Crippen LogP contribution in [0.5, 0.6) is 5.75 Å². The van der Waals surface area contributed by atoms with E-state index in [9.17, 15) is 19.2 Å². The highest BCUT2D eigenvalue weighted by Gasteiger charge is 2.35. The number of carbonyl (C=O) groups is 2. The zero-order chi connectivity index (χ0) is 28.9. The second kappa shape index (κ2) is 11.8. The quantitative estimate of drug-likeness (QED) is 0.192. The van der Waals surface area contributed by atoms with Gasteiger partial charge in [-0.15, -0.1) is 0 Å². The van der Waals surface area contributed by atoms with Crippen LogP contribution in [0.25, 0.3) is 23.0 Å². The fourth-order valence-electron chi connectivity index (χ4n) is 4.62.